The standard InChI is InChI=1S/C18H15ClN4O2/c1-10-11(4-3-5-12(10)19)15-13(20-2)6-7-14(24)16(15)17(25)23-18-21-8-9-22-18/h3-7,24H,8-9H2,1H3,(H2,21,22,23,25). The second kappa shape index (κ2) is 6.83. The van der Waals surface area contributed by atoms with Crippen LogP contribution in [0.15, 0.2) is 35.3 Å². The van der Waals surface area contributed by atoms with Gasteiger partial charge in [0.1, 0.15) is 5.75 Å². The molecular formula is C18H15ClN4O2. The van der Waals surface area contributed by atoms with Crippen LogP contribution in [-0.4, -0.2) is 30.1 Å². The Hall–Kier alpha value is -3.04. The molecule has 2 aromatic carbocycles. The van der Waals surface area contributed by atoms with Crippen molar-refractivity contribution in [2.45, 2.75) is 6.92 Å². The number of nitrogens with zero attached hydrogens (tertiary/aromatic N) is 2. The largest absolute Gasteiger partial charge is 0.507 e. The summed E-state index contributed by atoms with van der Waals surface area (Å²) in [6, 6.07) is 8.08. The minimum atomic E-state index is -0.537. The number of carbonyl (C=O) groups excluding carboxylic acids is 1. The van der Waals surface area contributed by atoms with Gasteiger partial charge in [-0.25, -0.2) is 4.85 Å². The summed E-state index contributed by atoms with van der Waals surface area (Å²) >= 11 is 6.20. The first-order valence-electron chi connectivity index (χ1n) is 7.61. The quantitative estimate of drug-likeness (QED) is 0.724. The van der Waals surface area contributed by atoms with Crippen molar-refractivity contribution in [1.29, 1.82) is 0 Å². The lowest BCUT2D eigenvalue weighted by molar-refractivity contribution is 0.0974. The van der Waals surface area contributed by atoms with Crippen LogP contribution in [0.2, 0.25) is 5.02 Å². The molecule has 7 heteroatoms. The van der Waals surface area contributed by atoms with Gasteiger partial charge in [0.25, 0.3) is 5.91 Å². The van der Waals surface area contributed by atoms with Gasteiger partial charge in [0.05, 0.1) is 18.7 Å². The summed E-state index contributed by atoms with van der Waals surface area (Å²) in [6.07, 6.45) is 0. The molecule has 1 amide bonds. The fourth-order valence-corrected chi connectivity index (χ4v) is 2.88. The molecule has 0 atom stereocenters. The van der Waals surface area contributed by atoms with Gasteiger partial charge >= 0.3 is 0 Å². The third-order valence-corrected chi connectivity index (χ3v) is 4.36. The van der Waals surface area contributed by atoms with Crippen LogP contribution in [-0.2, 0) is 0 Å². The Morgan fingerprint density at radius 2 is 2.20 bits per heavy atom. The van der Waals surface area contributed by atoms with Crippen molar-refractivity contribution >= 4 is 29.2 Å². The molecule has 0 spiro atoms. The Morgan fingerprint density at radius 3 is 2.88 bits per heavy atom. The van der Waals surface area contributed by atoms with Crippen LogP contribution >= 0.6 is 11.6 Å². The Morgan fingerprint density at radius 1 is 1.40 bits per heavy atom. The van der Waals surface area contributed by atoms with E-state index in [0.29, 0.717) is 35.2 Å². The highest BCUT2D eigenvalue weighted by atomic mass is 35.5. The van der Waals surface area contributed by atoms with E-state index >= 15 is 0 Å². The molecule has 0 bridgehead atoms. The maximum atomic E-state index is 12.8. The second-order valence-electron chi connectivity index (χ2n) is 5.49. The van der Waals surface area contributed by atoms with Crippen molar-refractivity contribution in [3.63, 3.8) is 0 Å². The van der Waals surface area contributed by atoms with Crippen LogP contribution in [0.25, 0.3) is 16.0 Å². The molecule has 0 aliphatic carbocycles. The molecule has 0 saturated carbocycles. The number of phenolic OH excluding ortho intramolecular Hbond substituents is 1. The van der Waals surface area contributed by atoms with E-state index in [1.165, 1.54) is 12.1 Å². The van der Waals surface area contributed by atoms with Crippen molar-refractivity contribution in [2.75, 3.05) is 13.1 Å². The summed E-state index contributed by atoms with van der Waals surface area (Å²) < 4.78 is 0. The number of phenols is 1. The maximum Gasteiger partial charge on any atom is 0.261 e. The molecule has 2 aromatic rings. The van der Waals surface area contributed by atoms with Crippen LogP contribution < -0.4 is 10.6 Å². The Kier molecular flexibility index (Phi) is 4.59. The number of aromatic hydroxyl groups is 1. The van der Waals surface area contributed by atoms with Gasteiger partial charge in [-0.15, -0.1) is 0 Å². The van der Waals surface area contributed by atoms with E-state index in [-0.39, 0.29) is 17.0 Å². The second-order valence-corrected chi connectivity index (χ2v) is 5.90. The highest BCUT2D eigenvalue weighted by molar-refractivity contribution is 6.31. The zero-order valence-corrected chi connectivity index (χ0v) is 14.2. The summed E-state index contributed by atoms with van der Waals surface area (Å²) in [6.45, 7) is 10.5. The van der Waals surface area contributed by atoms with Crippen LogP contribution in [0.4, 0.5) is 5.69 Å². The van der Waals surface area contributed by atoms with E-state index in [1.807, 2.05) is 0 Å². The molecule has 0 unspecified atom stereocenters. The molecule has 3 N–H and O–H groups in total. The molecule has 3 rings (SSSR count). The summed E-state index contributed by atoms with van der Waals surface area (Å²) in [5, 5.41) is 16.4. The highest BCUT2D eigenvalue weighted by Crippen LogP contribution is 2.41. The van der Waals surface area contributed by atoms with E-state index < -0.39 is 5.91 Å². The highest BCUT2D eigenvalue weighted by Gasteiger charge is 2.24. The summed E-state index contributed by atoms with van der Waals surface area (Å²) in [4.78, 5) is 20.4. The van der Waals surface area contributed by atoms with Crippen molar-refractivity contribution < 1.29 is 9.90 Å². The number of halogens is 1. The summed E-state index contributed by atoms with van der Waals surface area (Å²) in [5.74, 6) is -0.394. The zero-order valence-electron chi connectivity index (χ0n) is 13.4. The number of amides is 1. The maximum absolute atomic E-state index is 12.8. The minimum Gasteiger partial charge on any atom is -0.507 e. The number of carbonyl (C=O) groups is 1. The third kappa shape index (κ3) is 3.14. The molecule has 1 aliphatic rings. The summed E-state index contributed by atoms with van der Waals surface area (Å²) in [7, 11) is 0. The number of benzene rings is 2. The van der Waals surface area contributed by atoms with E-state index in [2.05, 4.69) is 20.5 Å². The predicted octanol–water partition coefficient (Wildman–Crippen LogP) is 3.26. The number of guanidine groups is 1. The lowest BCUT2D eigenvalue weighted by Gasteiger charge is -2.16. The smallest absolute Gasteiger partial charge is 0.261 e. The van der Waals surface area contributed by atoms with E-state index in [4.69, 9.17) is 18.2 Å². The van der Waals surface area contributed by atoms with Crippen molar-refractivity contribution in [2.24, 2.45) is 4.99 Å². The molecule has 1 heterocycles. The normalized spacial score (nSPS) is 12.9. The number of aliphatic imine (C=N–C) groups is 1. The topological polar surface area (TPSA) is 78.1 Å². The van der Waals surface area contributed by atoms with Gasteiger partial charge in [-0.3, -0.25) is 15.1 Å². The van der Waals surface area contributed by atoms with E-state index in [0.717, 1.165) is 5.56 Å². The molecule has 0 radical (unpaired) electrons. The van der Waals surface area contributed by atoms with Gasteiger partial charge in [-0.1, -0.05) is 29.8 Å². The first-order valence-corrected chi connectivity index (χ1v) is 7.99. The van der Waals surface area contributed by atoms with Gasteiger partial charge < -0.3 is 10.4 Å². The first kappa shape index (κ1) is 16.8. The molecule has 25 heavy (non-hydrogen) atoms. The average molecular weight is 355 g/mol. The van der Waals surface area contributed by atoms with E-state index in [9.17, 15) is 9.90 Å². The molecule has 0 saturated heterocycles. The Labute approximate surface area is 150 Å². The molecular weight excluding hydrogens is 340 g/mol. The molecule has 1 aliphatic heterocycles. The zero-order chi connectivity index (χ0) is 18.0. The Bertz CT molecular complexity index is 931. The fourth-order valence-electron chi connectivity index (χ4n) is 2.71. The molecule has 0 aromatic heterocycles. The van der Waals surface area contributed by atoms with Crippen LogP contribution in [0.3, 0.4) is 0 Å². The van der Waals surface area contributed by atoms with Crippen LogP contribution in [0, 0.1) is 13.5 Å². The number of hydrogen-bond acceptors (Lipinski definition) is 4. The van der Waals surface area contributed by atoms with Gasteiger partial charge in [0.15, 0.2) is 11.6 Å². The Balaban J connectivity index is 2.19. The monoisotopic (exact) mass is 354 g/mol. The SMILES string of the molecule is [C-]#[N+]c1ccc(O)c(C(=O)NC2=NCCN2)c1-c1cccc(Cl)c1C. The fraction of sp³-hybridized carbons (Fsp3) is 0.167. The van der Waals surface area contributed by atoms with Crippen molar-refractivity contribution in [3.8, 4) is 16.9 Å². The number of nitrogens with one attached hydrogen (secondary N) is 2. The average Bonchev–Trinajstić information content (AvgIpc) is 3.10. The van der Waals surface area contributed by atoms with Crippen LogP contribution in [0.5, 0.6) is 5.75 Å². The van der Waals surface area contributed by atoms with Gasteiger partial charge in [-0.05, 0) is 30.2 Å². The first-order chi connectivity index (χ1) is 12.0. The predicted molar refractivity (Wildman–Crippen MR) is 97.3 cm³/mol. The minimum absolute atomic E-state index is 0.0234. The number of rotatable bonds is 2. The molecule has 6 nitrogen and oxygen atoms in total. The van der Waals surface area contributed by atoms with Crippen molar-refractivity contribution in [3.05, 3.63) is 57.9 Å². The lowest BCUT2D eigenvalue weighted by Crippen LogP contribution is -2.38. The summed E-state index contributed by atoms with van der Waals surface area (Å²) in [5.41, 5.74) is 1.99. The van der Waals surface area contributed by atoms with E-state index in [1.54, 1.807) is 25.1 Å². The lowest BCUT2D eigenvalue weighted by atomic mass is 9.93. The molecule has 126 valence electrons. The number of hydrogen-bond donors (Lipinski definition) is 3. The van der Waals surface area contributed by atoms with Gasteiger partial charge in [0, 0.05) is 17.1 Å². The van der Waals surface area contributed by atoms with Gasteiger partial charge in [0.2, 0.25) is 0 Å². The van der Waals surface area contributed by atoms with Gasteiger partial charge in [-0.2, -0.15) is 0 Å². The molecule has 0 fully saturated rings. The third-order valence-electron chi connectivity index (χ3n) is 3.95. The van der Waals surface area contributed by atoms with Crippen LogP contribution in [0.1, 0.15) is 15.9 Å². The van der Waals surface area contributed by atoms with Crippen molar-refractivity contribution in [1.82, 2.24) is 10.6 Å².